The van der Waals surface area contributed by atoms with Crippen LogP contribution in [0, 0.1) is 11.3 Å². The molecule has 0 bridgehead atoms. The summed E-state index contributed by atoms with van der Waals surface area (Å²) in [6.45, 7) is 2.38. The predicted octanol–water partition coefficient (Wildman–Crippen LogP) is 3.38. The van der Waals surface area contributed by atoms with Crippen molar-refractivity contribution in [3.63, 3.8) is 0 Å². The zero-order valence-electron chi connectivity index (χ0n) is 14.9. The molecule has 136 valence electrons. The van der Waals surface area contributed by atoms with E-state index < -0.39 is 5.91 Å². The number of anilines is 1. The Morgan fingerprint density at radius 3 is 2.48 bits per heavy atom. The molecule has 1 aliphatic rings. The highest BCUT2D eigenvalue weighted by molar-refractivity contribution is 8.04. The van der Waals surface area contributed by atoms with Gasteiger partial charge in [0.1, 0.15) is 16.7 Å². The number of carbonyl (C=O) groups is 2. The molecule has 6 heteroatoms. The van der Waals surface area contributed by atoms with Crippen LogP contribution in [0.4, 0.5) is 5.69 Å². The lowest BCUT2D eigenvalue weighted by molar-refractivity contribution is -0.117. The van der Waals surface area contributed by atoms with Gasteiger partial charge in [0.05, 0.1) is 5.75 Å². The summed E-state index contributed by atoms with van der Waals surface area (Å²) in [5.74, 6) is -0.404. The fourth-order valence-electron chi connectivity index (χ4n) is 2.76. The van der Waals surface area contributed by atoms with Gasteiger partial charge in [-0.3, -0.25) is 14.5 Å². The van der Waals surface area contributed by atoms with Crippen LogP contribution < -0.4 is 10.2 Å². The molecule has 0 aliphatic carbocycles. The second-order valence-corrected chi connectivity index (χ2v) is 6.96. The zero-order valence-corrected chi connectivity index (χ0v) is 15.8. The van der Waals surface area contributed by atoms with Crippen LogP contribution in [0.25, 0.3) is 0 Å². The summed E-state index contributed by atoms with van der Waals surface area (Å²) in [6, 6.07) is 19.0. The van der Waals surface area contributed by atoms with Crippen molar-refractivity contribution in [1.29, 1.82) is 5.26 Å². The Labute approximate surface area is 162 Å². The van der Waals surface area contributed by atoms with Gasteiger partial charge in [-0.05, 0) is 29.7 Å². The third-order valence-electron chi connectivity index (χ3n) is 4.24. The quantitative estimate of drug-likeness (QED) is 0.640. The number of carbonyl (C=O) groups excluding carboxylic acids is 2. The maximum atomic E-state index is 12.6. The summed E-state index contributed by atoms with van der Waals surface area (Å²) < 4.78 is 0. The van der Waals surface area contributed by atoms with Gasteiger partial charge < -0.3 is 5.32 Å². The van der Waals surface area contributed by atoms with Crippen molar-refractivity contribution in [2.24, 2.45) is 0 Å². The molecule has 1 N–H and O–H groups in total. The Balaban J connectivity index is 1.85. The monoisotopic (exact) mass is 377 g/mol. The molecule has 0 spiro atoms. The largest absolute Gasteiger partial charge is 0.347 e. The van der Waals surface area contributed by atoms with Crippen molar-refractivity contribution in [2.75, 3.05) is 10.7 Å². The second kappa shape index (κ2) is 8.56. The fraction of sp³-hybridized carbons (Fsp3) is 0.190. The highest BCUT2D eigenvalue weighted by Gasteiger charge is 2.33. The van der Waals surface area contributed by atoms with Gasteiger partial charge in [0.15, 0.2) is 0 Å². The third-order valence-corrected chi connectivity index (χ3v) is 5.29. The SMILES string of the molecule is CCc1ccc(N2C(=O)CS/C2=C(/C#N)C(=O)NCc2ccccc2)cc1. The summed E-state index contributed by atoms with van der Waals surface area (Å²) in [6.07, 6.45) is 0.900. The number of nitriles is 1. The van der Waals surface area contributed by atoms with E-state index in [1.807, 2.05) is 60.7 Å². The van der Waals surface area contributed by atoms with Crippen LogP contribution in [0.1, 0.15) is 18.1 Å². The second-order valence-electron chi connectivity index (χ2n) is 6.00. The van der Waals surface area contributed by atoms with E-state index in [2.05, 4.69) is 12.2 Å². The minimum absolute atomic E-state index is 0.0404. The standard InChI is InChI=1S/C21H19N3O2S/c1-2-15-8-10-17(11-9-15)24-19(25)14-27-21(24)18(12-22)20(26)23-13-16-6-4-3-5-7-16/h3-11H,2,13-14H2,1H3,(H,23,26)/b21-18-. The maximum Gasteiger partial charge on any atom is 0.264 e. The molecule has 1 fully saturated rings. The van der Waals surface area contributed by atoms with E-state index in [1.165, 1.54) is 16.7 Å². The first-order valence-electron chi connectivity index (χ1n) is 8.65. The highest BCUT2D eigenvalue weighted by atomic mass is 32.2. The Kier molecular flexibility index (Phi) is 5.94. The fourth-order valence-corrected chi connectivity index (χ4v) is 3.77. The first-order valence-corrected chi connectivity index (χ1v) is 9.63. The molecule has 0 radical (unpaired) electrons. The van der Waals surface area contributed by atoms with E-state index in [0.29, 0.717) is 17.3 Å². The van der Waals surface area contributed by atoms with Crippen LogP contribution in [0.2, 0.25) is 0 Å². The summed E-state index contributed by atoms with van der Waals surface area (Å²) in [5, 5.41) is 12.7. The number of rotatable bonds is 5. The first kappa shape index (κ1) is 18.7. The van der Waals surface area contributed by atoms with Gasteiger partial charge >= 0.3 is 0 Å². The molecule has 1 aliphatic heterocycles. The van der Waals surface area contributed by atoms with Gasteiger partial charge in [-0.25, -0.2) is 0 Å². The van der Waals surface area contributed by atoms with E-state index in [-0.39, 0.29) is 17.2 Å². The molecule has 27 heavy (non-hydrogen) atoms. The Hall–Kier alpha value is -3.04. The van der Waals surface area contributed by atoms with E-state index in [1.54, 1.807) is 0 Å². The van der Waals surface area contributed by atoms with Crippen LogP contribution in [0.15, 0.2) is 65.2 Å². The predicted molar refractivity (Wildman–Crippen MR) is 107 cm³/mol. The van der Waals surface area contributed by atoms with Crippen LogP contribution in [-0.2, 0) is 22.6 Å². The van der Waals surface area contributed by atoms with Crippen molar-refractivity contribution in [3.05, 3.63) is 76.3 Å². The Bertz CT molecular complexity index is 915. The first-order chi connectivity index (χ1) is 13.1. The molecule has 0 unspecified atom stereocenters. The van der Waals surface area contributed by atoms with Crippen molar-refractivity contribution < 1.29 is 9.59 Å². The van der Waals surface area contributed by atoms with Crippen LogP contribution >= 0.6 is 11.8 Å². The van der Waals surface area contributed by atoms with Crippen molar-refractivity contribution in [3.8, 4) is 6.07 Å². The molecule has 0 aromatic heterocycles. The molecule has 5 nitrogen and oxygen atoms in total. The van der Waals surface area contributed by atoms with Gasteiger partial charge in [0.2, 0.25) is 5.91 Å². The minimum Gasteiger partial charge on any atom is -0.347 e. The van der Waals surface area contributed by atoms with Crippen LogP contribution in [-0.4, -0.2) is 17.6 Å². The van der Waals surface area contributed by atoms with Crippen molar-refractivity contribution in [2.45, 2.75) is 19.9 Å². The average molecular weight is 377 g/mol. The Morgan fingerprint density at radius 1 is 1.15 bits per heavy atom. The number of nitrogens with one attached hydrogen (secondary N) is 1. The van der Waals surface area contributed by atoms with Crippen molar-refractivity contribution >= 4 is 29.3 Å². The number of hydrogen-bond acceptors (Lipinski definition) is 4. The lowest BCUT2D eigenvalue weighted by atomic mass is 10.1. The molecular formula is C21H19N3O2S. The number of aryl methyl sites for hydroxylation is 1. The lowest BCUT2D eigenvalue weighted by Gasteiger charge is -2.18. The van der Waals surface area contributed by atoms with E-state index in [0.717, 1.165) is 17.5 Å². The molecule has 2 amide bonds. The van der Waals surface area contributed by atoms with Crippen LogP contribution in [0.3, 0.4) is 0 Å². The lowest BCUT2D eigenvalue weighted by Crippen LogP contribution is -2.29. The van der Waals surface area contributed by atoms with E-state index in [4.69, 9.17) is 0 Å². The maximum absolute atomic E-state index is 12.6. The molecule has 0 saturated carbocycles. The molecule has 3 rings (SSSR count). The van der Waals surface area contributed by atoms with Gasteiger partial charge in [0.25, 0.3) is 5.91 Å². The van der Waals surface area contributed by atoms with Crippen molar-refractivity contribution in [1.82, 2.24) is 5.32 Å². The van der Waals surface area contributed by atoms with Gasteiger partial charge in [-0.2, -0.15) is 5.26 Å². The molecule has 1 saturated heterocycles. The van der Waals surface area contributed by atoms with E-state index >= 15 is 0 Å². The molecule has 2 aromatic rings. The van der Waals surface area contributed by atoms with Gasteiger partial charge in [-0.1, -0.05) is 61.2 Å². The normalized spacial score (nSPS) is 15.4. The third kappa shape index (κ3) is 4.21. The number of amides is 2. The number of hydrogen-bond donors (Lipinski definition) is 1. The average Bonchev–Trinajstić information content (AvgIpc) is 3.09. The summed E-state index contributed by atoms with van der Waals surface area (Å²) in [7, 11) is 0. The van der Waals surface area contributed by atoms with E-state index in [9.17, 15) is 14.9 Å². The zero-order chi connectivity index (χ0) is 19.2. The topological polar surface area (TPSA) is 73.2 Å². The minimum atomic E-state index is -0.478. The van der Waals surface area contributed by atoms with Gasteiger partial charge in [0, 0.05) is 12.2 Å². The van der Waals surface area contributed by atoms with Crippen LogP contribution in [0.5, 0.6) is 0 Å². The van der Waals surface area contributed by atoms with Gasteiger partial charge in [-0.15, -0.1) is 0 Å². The molecule has 0 atom stereocenters. The molecule has 2 aromatic carbocycles. The number of benzene rings is 2. The highest BCUT2D eigenvalue weighted by Crippen LogP contribution is 2.36. The number of nitrogens with zero attached hydrogens (tertiary/aromatic N) is 2. The summed E-state index contributed by atoms with van der Waals surface area (Å²) in [5.41, 5.74) is 2.72. The smallest absolute Gasteiger partial charge is 0.264 e. The molecular weight excluding hydrogens is 358 g/mol. The summed E-state index contributed by atoms with van der Waals surface area (Å²) >= 11 is 1.22. The Morgan fingerprint density at radius 2 is 1.85 bits per heavy atom. The molecule has 1 heterocycles. The number of thioether (sulfide) groups is 1. The summed E-state index contributed by atoms with van der Waals surface area (Å²) in [4.78, 5) is 26.4.